The molecule has 0 radical (unpaired) electrons. The fraction of sp³-hybridized carbons (Fsp3) is 0.500. The van der Waals surface area contributed by atoms with Gasteiger partial charge >= 0.3 is 0 Å². The van der Waals surface area contributed by atoms with Crippen LogP contribution in [0.2, 0.25) is 0 Å². The maximum atomic E-state index is 12.1. The molecule has 0 atom stereocenters. The number of fused-ring (bicyclic) bond motifs is 1. The van der Waals surface area contributed by atoms with Crippen molar-refractivity contribution >= 4 is 27.5 Å². The lowest BCUT2D eigenvalue weighted by Crippen LogP contribution is -2.21. The van der Waals surface area contributed by atoms with Crippen LogP contribution in [-0.4, -0.2) is 19.1 Å². The van der Waals surface area contributed by atoms with Crippen molar-refractivity contribution in [2.45, 2.75) is 25.7 Å². The molecule has 1 amide bonds. The Balaban J connectivity index is 1.78. The zero-order valence-corrected chi connectivity index (χ0v) is 12.2. The van der Waals surface area contributed by atoms with Gasteiger partial charge in [-0.1, -0.05) is 12.8 Å². The lowest BCUT2D eigenvalue weighted by atomic mass is 10.1. The van der Waals surface area contributed by atoms with Crippen molar-refractivity contribution in [3.63, 3.8) is 0 Å². The normalized spacial score (nSPS) is 18.4. The molecule has 19 heavy (non-hydrogen) atoms. The van der Waals surface area contributed by atoms with Gasteiger partial charge in [-0.15, -0.1) is 0 Å². The second-order valence-corrected chi connectivity index (χ2v) is 5.80. The van der Waals surface area contributed by atoms with Crippen molar-refractivity contribution < 1.29 is 14.3 Å². The molecule has 1 aromatic rings. The average Bonchev–Trinajstić information content (AvgIpc) is 2.93. The summed E-state index contributed by atoms with van der Waals surface area (Å²) < 4.78 is 11.8. The van der Waals surface area contributed by atoms with Crippen LogP contribution < -0.4 is 14.8 Å². The molecule has 0 bridgehead atoms. The summed E-state index contributed by atoms with van der Waals surface area (Å²) in [6.45, 7) is 1.11. The van der Waals surface area contributed by atoms with Gasteiger partial charge in [-0.25, -0.2) is 0 Å². The van der Waals surface area contributed by atoms with E-state index < -0.39 is 0 Å². The third kappa shape index (κ3) is 2.71. The molecular formula is C14H16BrNO3. The van der Waals surface area contributed by atoms with Gasteiger partial charge in [0.05, 0.1) is 5.69 Å². The number of carbonyl (C=O) groups excluding carboxylic acids is 1. The summed E-state index contributed by atoms with van der Waals surface area (Å²) in [5.74, 6) is 1.67. The van der Waals surface area contributed by atoms with E-state index in [1.54, 1.807) is 0 Å². The number of ether oxygens (including phenoxy) is 2. The SMILES string of the molecule is O=C(Nc1cc2c(cc1Br)OCCO2)C1CCCC1. The lowest BCUT2D eigenvalue weighted by Gasteiger charge is -2.20. The van der Waals surface area contributed by atoms with Crippen LogP contribution in [0.25, 0.3) is 0 Å². The summed E-state index contributed by atoms with van der Waals surface area (Å²) in [5, 5.41) is 2.98. The van der Waals surface area contributed by atoms with E-state index in [9.17, 15) is 4.79 Å². The number of hydrogen-bond acceptors (Lipinski definition) is 3. The van der Waals surface area contributed by atoms with Crippen LogP contribution in [0, 0.1) is 5.92 Å². The summed E-state index contributed by atoms with van der Waals surface area (Å²) in [6, 6.07) is 3.67. The van der Waals surface area contributed by atoms with Crippen molar-refractivity contribution in [3.8, 4) is 11.5 Å². The number of rotatable bonds is 2. The Morgan fingerprint density at radius 1 is 1.16 bits per heavy atom. The van der Waals surface area contributed by atoms with Crippen LogP contribution in [-0.2, 0) is 4.79 Å². The zero-order valence-electron chi connectivity index (χ0n) is 10.6. The number of halogens is 1. The molecule has 102 valence electrons. The van der Waals surface area contributed by atoms with Crippen LogP contribution >= 0.6 is 15.9 Å². The third-order valence-corrected chi connectivity index (χ3v) is 4.27. The minimum Gasteiger partial charge on any atom is -0.486 e. The zero-order chi connectivity index (χ0) is 13.2. The molecule has 1 heterocycles. The summed E-state index contributed by atoms with van der Waals surface area (Å²) in [4.78, 5) is 12.1. The molecule has 0 saturated heterocycles. The van der Waals surface area contributed by atoms with Crippen molar-refractivity contribution in [1.82, 2.24) is 0 Å². The number of nitrogens with one attached hydrogen (secondary N) is 1. The predicted molar refractivity (Wildman–Crippen MR) is 75.7 cm³/mol. The van der Waals surface area contributed by atoms with Crippen LogP contribution in [0.5, 0.6) is 11.5 Å². The minimum atomic E-state index is 0.106. The van der Waals surface area contributed by atoms with Gasteiger partial charge in [0.25, 0.3) is 0 Å². The van der Waals surface area contributed by atoms with Crippen molar-refractivity contribution in [2.75, 3.05) is 18.5 Å². The molecule has 1 fully saturated rings. The van der Waals surface area contributed by atoms with Gasteiger partial charge in [0.1, 0.15) is 13.2 Å². The molecule has 4 nitrogen and oxygen atoms in total. The van der Waals surface area contributed by atoms with Gasteiger partial charge in [-0.05, 0) is 28.8 Å². The smallest absolute Gasteiger partial charge is 0.227 e. The first-order valence-corrected chi connectivity index (χ1v) is 7.43. The summed E-state index contributed by atoms with van der Waals surface area (Å²) in [5.41, 5.74) is 0.751. The highest BCUT2D eigenvalue weighted by atomic mass is 79.9. The van der Waals surface area contributed by atoms with E-state index in [0.29, 0.717) is 19.0 Å². The van der Waals surface area contributed by atoms with Crippen molar-refractivity contribution in [1.29, 1.82) is 0 Å². The Morgan fingerprint density at radius 3 is 2.47 bits per heavy atom. The van der Waals surface area contributed by atoms with Crippen molar-refractivity contribution in [3.05, 3.63) is 16.6 Å². The fourth-order valence-corrected chi connectivity index (χ4v) is 3.00. The van der Waals surface area contributed by atoms with E-state index in [0.717, 1.165) is 41.6 Å². The highest BCUT2D eigenvalue weighted by Crippen LogP contribution is 2.38. The Kier molecular flexibility index (Phi) is 3.64. The highest BCUT2D eigenvalue weighted by Gasteiger charge is 2.24. The second-order valence-electron chi connectivity index (χ2n) is 4.95. The van der Waals surface area contributed by atoms with E-state index in [2.05, 4.69) is 21.2 Å². The molecule has 1 N–H and O–H groups in total. The molecule has 2 aliphatic rings. The molecule has 0 unspecified atom stereocenters. The van der Waals surface area contributed by atoms with E-state index in [1.807, 2.05) is 12.1 Å². The van der Waals surface area contributed by atoms with Gasteiger partial charge in [-0.2, -0.15) is 0 Å². The van der Waals surface area contributed by atoms with Gasteiger partial charge in [0.15, 0.2) is 11.5 Å². The summed E-state index contributed by atoms with van der Waals surface area (Å²) in [7, 11) is 0. The number of hydrogen-bond donors (Lipinski definition) is 1. The highest BCUT2D eigenvalue weighted by molar-refractivity contribution is 9.10. The number of amides is 1. The van der Waals surface area contributed by atoms with Gasteiger partial charge < -0.3 is 14.8 Å². The van der Waals surface area contributed by atoms with Gasteiger partial charge in [-0.3, -0.25) is 4.79 Å². The monoisotopic (exact) mass is 325 g/mol. The van der Waals surface area contributed by atoms with Crippen LogP contribution in [0.4, 0.5) is 5.69 Å². The first-order valence-electron chi connectivity index (χ1n) is 6.64. The molecule has 1 aromatic carbocycles. The van der Waals surface area contributed by atoms with E-state index in [4.69, 9.17) is 9.47 Å². The largest absolute Gasteiger partial charge is 0.486 e. The van der Waals surface area contributed by atoms with Crippen LogP contribution in [0.1, 0.15) is 25.7 Å². The Morgan fingerprint density at radius 2 is 1.79 bits per heavy atom. The molecule has 0 aromatic heterocycles. The molecule has 0 spiro atoms. The standard InChI is InChI=1S/C14H16BrNO3/c15-10-7-12-13(19-6-5-18-12)8-11(10)16-14(17)9-3-1-2-4-9/h7-9H,1-6H2,(H,16,17). The number of anilines is 1. The van der Waals surface area contributed by atoms with E-state index in [-0.39, 0.29) is 11.8 Å². The maximum Gasteiger partial charge on any atom is 0.227 e. The third-order valence-electron chi connectivity index (χ3n) is 3.62. The Labute approximate surface area is 120 Å². The first kappa shape index (κ1) is 12.8. The van der Waals surface area contributed by atoms with Crippen LogP contribution in [0.15, 0.2) is 16.6 Å². The molecule has 3 rings (SSSR count). The quantitative estimate of drug-likeness (QED) is 0.907. The molecule has 1 aliphatic heterocycles. The molecular weight excluding hydrogens is 310 g/mol. The summed E-state index contributed by atoms with van der Waals surface area (Å²) in [6.07, 6.45) is 4.29. The van der Waals surface area contributed by atoms with Crippen molar-refractivity contribution in [2.24, 2.45) is 5.92 Å². The van der Waals surface area contributed by atoms with Gasteiger partial charge in [0.2, 0.25) is 5.91 Å². The topological polar surface area (TPSA) is 47.6 Å². The summed E-state index contributed by atoms with van der Waals surface area (Å²) >= 11 is 3.46. The minimum absolute atomic E-state index is 0.106. The predicted octanol–water partition coefficient (Wildman–Crippen LogP) is 3.35. The molecule has 1 saturated carbocycles. The molecule has 1 aliphatic carbocycles. The van der Waals surface area contributed by atoms with Crippen LogP contribution in [0.3, 0.4) is 0 Å². The lowest BCUT2D eigenvalue weighted by molar-refractivity contribution is -0.119. The van der Waals surface area contributed by atoms with E-state index in [1.165, 1.54) is 0 Å². The Hall–Kier alpha value is -1.23. The van der Waals surface area contributed by atoms with Gasteiger partial charge in [0, 0.05) is 22.5 Å². The molecule has 5 heteroatoms. The maximum absolute atomic E-state index is 12.1. The number of benzene rings is 1. The number of carbonyl (C=O) groups is 1. The average molecular weight is 326 g/mol. The second kappa shape index (κ2) is 5.41. The fourth-order valence-electron chi connectivity index (χ4n) is 2.58. The first-order chi connectivity index (χ1) is 9.24. The van der Waals surface area contributed by atoms with E-state index >= 15 is 0 Å². The Bertz CT molecular complexity index is 498.